The maximum Gasteiger partial charge on any atom is 0.292 e. The van der Waals surface area contributed by atoms with Crippen molar-refractivity contribution >= 4 is 11.4 Å². The first-order chi connectivity index (χ1) is 9.68. The number of hydrogen-bond acceptors (Lipinski definition) is 3. The molecule has 104 valence electrons. The summed E-state index contributed by atoms with van der Waals surface area (Å²) in [4.78, 5) is 10.5. The van der Waals surface area contributed by atoms with Crippen molar-refractivity contribution in [3.05, 3.63) is 70.3 Å². The molecule has 0 saturated heterocycles. The molecular formula is C16H18N2O2. The number of nitrogens with zero attached hydrogens (tertiary/aromatic N) is 1. The maximum atomic E-state index is 10.9. The van der Waals surface area contributed by atoms with Crippen LogP contribution in [0.15, 0.2) is 54.6 Å². The fraction of sp³-hybridized carbons (Fsp3) is 0.250. The lowest BCUT2D eigenvalue weighted by atomic mass is 9.98. The second-order valence-electron chi connectivity index (χ2n) is 4.80. The molecule has 0 saturated carbocycles. The summed E-state index contributed by atoms with van der Waals surface area (Å²) < 4.78 is 0. The summed E-state index contributed by atoms with van der Waals surface area (Å²) in [6.07, 6.45) is 0.927. The number of rotatable bonds is 6. The van der Waals surface area contributed by atoms with Crippen LogP contribution in [0.3, 0.4) is 0 Å². The number of para-hydroxylation sites is 2. The van der Waals surface area contributed by atoms with Crippen LogP contribution in [0.5, 0.6) is 0 Å². The highest BCUT2D eigenvalue weighted by Crippen LogP contribution is 2.24. The number of nitro groups is 1. The maximum absolute atomic E-state index is 10.9. The molecule has 2 rings (SSSR count). The highest BCUT2D eigenvalue weighted by atomic mass is 16.6. The van der Waals surface area contributed by atoms with E-state index in [1.165, 1.54) is 11.6 Å². The van der Waals surface area contributed by atoms with Crippen LogP contribution >= 0.6 is 0 Å². The van der Waals surface area contributed by atoms with Gasteiger partial charge in [-0.2, -0.15) is 0 Å². The SMILES string of the molecule is CC(CCNc1ccccc1[N+](=O)[O-])c1ccccc1. The third-order valence-corrected chi connectivity index (χ3v) is 3.36. The second kappa shape index (κ2) is 6.70. The van der Waals surface area contributed by atoms with Crippen molar-refractivity contribution in [2.75, 3.05) is 11.9 Å². The van der Waals surface area contributed by atoms with E-state index in [1.54, 1.807) is 18.2 Å². The van der Waals surface area contributed by atoms with E-state index in [0.717, 1.165) is 6.42 Å². The Labute approximate surface area is 118 Å². The summed E-state index contributed by atoms with van der Waals surface area (Å²) in [5, 5.41) is 14.1. The molecule has 0 aliphatic heterocycles. The average molecular weight is 270 g/mol. The van der Waals surface area contributed by atoms with Gasteiger partial charge >= 0.3 is 0 Å². The zero-order valence-corrected chi connectivity index (χ0v) is 11.5. The minimum Gasteiger partial charge on any atom is -0.379 e. The highest BCUT2D eigenvalue weighted by Gasteiger charge is 2.12. The molecule has 0 aliphatic carbocycles. The molecule has 0 radical (unpaired) electrons. The van der Waals surface area contributed by atoms with Gasteiger partial charge in [0.15, 0.2) is 0 Å². The Kier molecular flexibility index (Phi) is 4.71. The van der Waals surface area contributed by atoms with E-state index in [-0.39, 0.29) is 10.6 Å². The number of benzene rings is 2. The molecule has 0 fully saturated rings. The summed E-state index contributed by atoms with van der Waals surface area (Å²) in [5.74, 6) is 0.423. The lowest BCUT2D eigenvalue weighted by molar-refractivity contribution is -0.384. The molecule has 0 aromatic heterocycles. The van der Waals surface area contributed by atoms with E-state index >= 15 is 0 Å². The minimum absolute atomic E-state index is 0.125. The molecule has 0 aliphatic rings. The Bertz CT molecular complexity index is 570. The number of hydrogen-bond donors (Lipinski definition) is 1. The number of nitrogens with one attached hydrogen (secondary N) is 1. The summed E-state index contributed by atoms with van der Waals surface area (Å²) in [7, 11) is 0. The van der Waals surface area contributed by atoms with Gasteiger partial charge in [0.2, 0.25) is 0 Å². The molecule has 0 spiro atoms. The summed E-state index contributed by atoms with van der Waals surface area (Å²) >= 11 is 0. The van der Waals surface area contributed by atoms with Crippen LogP contribution in [-0.4, -0.2) is 11.5 Å². The van der Waals surface area contributed by atoms with Crippen LogP contribution in [0, 0.1) is 10.1 Å². The Morgan fingerprint density at radius 2 is 1.75 bits per heavy atom. The largest absolute Gasteiger partial charge is 0.379 e. The van der Waals surface area contributed by atoms with Crippen molar-refractivity contribution in [2.24, 2.45) is 0 Å². The normalized spacial score (nSPS) is 11.8. The number of nitro benzene ring substituents is 1. The van der Waals surface area contributed by atoms with E-state index in [0.29, 0.717) is 18.2 Å². The van der Waals surface area contributed by atoms with E-state index < -0.39 is 0 Å². The second-order valence-corrected chi connectivity index (χ2v) is 4.80. The van der Waals surface area contributed by atoms with Gasteiger partial charge in [-0.05, 0) is 24.0 Å². The van der Waals surface area contributed by atoms with E-state index in [1.807, 2.05) is 18.2 Å². The van der Waals surface area contributed by atoms with Crippen LogP contribution in [0.2, 0.25) is 0 Å². The standard InChI is InChI=1S/C16H18N2O2/c1-13(14-7-3-2-4-8-14)11-12-17-15-9-5-6-10-16(15)18(19)20/h2-10,13,17H,11-12H2,1H3. The van der Waals surface area contributed by atoms with Crippen LogP contribution in [-0.2, 0) is 0 Å². The Balaban J connectivity index is 1.92. The first kappa shape index (κ1) is 14.1. The molecule has 2 aromatic carbocycles. The first-order valence-corrected chi connectivity index (χ1v) is 6.70. The third-order valence-electron chi connectivity index (χ3n) is 3.36. The fourth-order valence-corrected chi connectivity index (χ4v) is 2.15. The van der Waals surface area contributed by atoms with Crippen LogP contribution < -0.4 is 5.32 Å². The van der Waals surface area contributed by atoms with Gasteiger partial charge in [-0.1, -0.05) is 49.4 Å². The summed E-state index contributed by atoms with van der Waals surface area (Å²) in [6, 6.07) is 17.0. The molecule has 4 heteroatoms. The predicted molar refractivity (Wildman–Crippen MR) is 81.1 cm³/mol. The van der Waals surface area contributed by atoms with E-state index in [2.05, 4.69) is 24.4 Å². The zero-order chi connectivity index (χ0) is 14.4. The zero-order valence-electron chi connectivity index (χ0n) is 11.5. The summed E-state index contributed by atoms with van der Waals surface area (Å²) in [6.45, 7) is 2.87. The van der Waals surface area contributed by atoms with Crippen LogP contribution in [0.1, 0.15) is 24.8 Å². The van der Waals surface area contributed by atoms with Crippen LogP contribution in [0.25, 0.3) is 0 Å². The lowest BCUT2D eigenvalue weighted by Gasteiger charge is -2.13. The molecule has 1 unspecified atom stereocenters. The van der Waals surface area contributed by atoms with Crippen LogP contribution in [0.4, 0.5) is 11.4 Å². The molecule has 4 nitrogen and oxygen atoms in total. The van der Waals surface area contributed by atoms with Gasteiger partial charge in [0.05, 0.1) is 4.92 Å². The van der Waals surface area contributed by atoms with Gasteiger partial charge < -0.3 is 5.32 Å². The summed E-state index contributed by atoms with van der Waals surface area (Å²) in [5.41, 5.74) is 1.99. The van der Waals surface area contributed by atoms with Crippen molar-refractivity contribution in [1.29, 1.82) is 0 Å². The van der Waals surface area contributed by atoms with Crippen molar-refractivity contribution in [3.8, 4) is 0 Å². The van der Waals surface area contributed by atoms with E-state index in [9.17, 15) is 10.1 Å². The van der Waals surface area contributed by atoms with Crippen molar-refractivity contribution in [1.82, 2.24) is 0 Å². The quantitative estimate of drug-likeness (QED) is 0.632. The monoisotopic (exact) mass is 270 g/mol. The van der Waals surface area contributed by atoms with Gasteiger partial charge in [-0.3, -0.25) is 10.1 Å². The van der Waals surface area contributed by atoms with Crippen molar-refractivity contribution in [3.63, 3.8) is 0 Å². The van der Waals surface area contributed by atoms with Gasteiger partial charge in [0.1, 0.15) is 5.69 Å². The molecule has 1 N–H and O–H groups in total. The molecular weight excluding hydrogens is 252 g/mol. The Hall–Kier alpha value is -2.36. The van der Waals surface area contributed by atoms with Gasteiger partial charge in [-0.15, -0.1) is 0 Å². The minimum atomic E-state index is -0.358. The molecule has 0 bridgehead atoms. The first-order valence-electron chi connectivity index (χ1n) is 6.70. The van der Waals surface area contributed by atoms with E-state index in [4.69, 9.17) is 0 Å². The molecule has 20 heavy (non-hydrogen) atoms. The fourth-order valence-electron chi connectivity index (χ4n) is 2.15. The Morgan fingerprint density at radius 3 is 2.45 bits per heavy atom. The highest BCUT2D eigenvalue weighted by molar-refractivity contribution is 5.61. The molecule has 2 aromatic rings. The Morgan fingerprint density at radius 1 is 1.10 bits per heavy atom. The molecule has 0 heterocycles. The number of anilines is 1. The van der Waals surface area contributed by atoms with Gasteiger partial charge in [-0.25, -0.2) is 0 Å². The van der Waals surface area contributed by atoms with Crippen molar-refractivity contribution < 1.29 is 4.92 Å². The topological polar surface area (TPSA) is 55.2 Å². The molecule has 0 amide bonds. The third kappa shape index (κ3) is 3.57. The average Bonchev–Trinajstić information content (AvgIpc) is 2.48. The lowest BCUT2D eigenvalue weighted by Crippen LogP contribution is -2.07. The molecule has 1 atom stereocenters. The van der Waals surface area contributed by atoms with Gasteiger partial charge in [0, 0.05) is 12.6 Å². The smallest absolute Gasteiger partial charge is 0.292 e. The van der Waals surface area contributed by atoms with Gasteiger partial charge in [0.25, 0.3) is 5.69 Å². The predicted octanol–water partition coefficient (Wildman–Crippen LogP) is 4.20. The van der Waals surface area contributed by atoms with Crippen molar-refractivity contribution in [2.45, 2.75) is 19.3 Å².